The number of nitrogens with two attached hydrogens (primary N) is 1. The first kappa shape index (κ1) is 12.9. The first-order valence-electron chi connectivity index (χ1n) is 5.14. The van der Waals surface area contributed by atoms with Crippen molar-refractivity contribution in [1.82, 2.24) is 9.88 Å². The molecule has 0 aliphatic heterocycles. The second kappa shape index (κ2) is 5.81. The standard InChI is InChI=1S/C10H18N4OS/c1-7(2)14(4-9(11)13-15)5-10-12-8(3)6-16-10/h6-7,15H,4-5H2,1-3H3,(H2,11,13). The number of amidine groups is 1. The van der Waals surface area contributed by atoms with Crippen molar-refractivity contribution < 1.29 is 5.21 Å². The summed E-state index contributed by atoms with van der Waals surface area (Å²) in [6, 6.07) is 0.324. The second-order valence-electron chi connectivity index (χ2n) is 3.97. The SMILES string of the molecule is Cc1csc(CN(CC(N)=NO)C(C)C)n1. The summed E-state index contributed by atoms with van der Waals surface area (Å²) >= 11 is 1.63. The number of oxime groups is 1. The van der Waals surface area contributed by atoms with Crippen LogP contribution in [0.3, 0.4) is 0 Å². The lowest BCUT2D eigenvalue weighted by molar-refractivity contribution is 0.238. The van der Waals surface area contributed by atoms with Gasteiger partial charge in [-0.2, -0.15) is 0 Å². The minimum atomic E-state index is 0.224. The first-order valence-corrected chi connectivity index (χ1v) is 6.02. The molecule has 0 unspecified atom stereocenters. The predicted molar refractivity (Wildman–Crippen MR) is 65.8 cm³/mol. The van der Waals surface area contributed by atoms with Gasteiger partial charge in [0.05, 0.1) is 13.1 Å². The Kier molecular flexibility index (Phi) is 4.70. The van der Waals surface area contributed by atoms with Crippen molar-refractivity contribution in [2.75, 3.05) is 6.54 Å². The van der Waals surface area contributed by atoms with Crippen LogP contribution in [0.2, 0.25) is 0 Å². The van der Waals surface area contributed by atoms with Crippen LogP contribution in [0.15, 0.2) is 10.5 Å². The zero-order valence-electron chi connectivity index (χ0n) is 9.84. The topological polar surface area (TPSA) is 74.7 Å². The summed E-state index contributed by atoms with van der Waals surface area (Å²) in [4.78, 5) is 6.50. The van der Waals surface area contributed by atoms with Crippen LogP contribution in [0.1, 0.15) is 24.5 Å². The second-order valence-corrected chi connectivity index (χ2v) is 4.92. The number of hydrogen-bond donors (Lipinski definition) is 2. The van der Waals surface area contributed by atoms with Gasteiger partial charge in [0, 0.05) is 17.1 Å². The molecule has 1 rings (SSSR count). The van der Waals surface area contributed by atoms with E-state index in [1.165, 1.54) is 0 Å². The largest absolute Gasteiger partial charge is 0.409 e. The van der Waals surface area contributed by atoms with Gasteiger partial charge in [0.15, 0.2) is 5.84 Å². The Hall–Kier alpha value is -1.14. The Morgan fingerprint density at radius 1 is 1.69 bits per heavy atom. The van der Waals surface area contributed by atoms with E-state index >= 15 is 0 Å². The number of rotatable bonds is 5. The van der Waals surface area contributed by atoms with E-state index in [1.807, 2.05) is 12.3 Å². The highest BCUT2D eigenvalue weighted by atomic mass is 32.1. The lowest BCUT2D eigenvalue weighted by Gasteiger charge is -2.24. The number of thiazole rings is 1. The van der Waals surface area contributed by atoms with Crippen molar-refractivity contribution in [3.8, 4) is 0 Å². The summed E-state index contributed by atoms with van der Waals surface area (Å²) in [6.07, 6.45) is 0. The molecule has 0 fully saturated rings. The molecule has 0 saturated heterocycles. The van der Waals surface area contributed by atoms with Crippen LogP contribution in [-0.2, 0) is 6.54 Å². The molecule has 0 amide bonds. The molecule has 0 aliphatic carbocycles. The molecule has 0 saturated carbocycles. The van der Waals surface area contributed by atoms with Crippen LogP contribution in [0.5, 0.6) is 0 Å². The highest BCUT2D eigenvalue weighted by molar-refractivity contribution is 7.09. The van der Waals surface area contributed by atoms with Gasteiger partial charge in [0.1, 0.15) is 5.01 Å². The molecule has 6 heteroatoms. The summed E-state index contributed by atoms with van der Waals surface area (Å²) in [5, 5.41) is 14.6. The van der Waals surface area contributed by atoms with Crippen molar-refractivity contribution in [2.24, 2.45) is 10.9 Å². The highest BCUT2D eigenvalue weighted by Crippen LogP contribution is 2.13. The Balaban J connectivity index is 2.65. The van der Waals surface area contributed by atoms with Gasteiger partial charge in [-0.25, -0.2) is 4.98 Å². The summed E-state index contributed by atoms with van der Waals surface area (Å²) in [5.74, 6) is 0.224. The Bertz CT molecular complexity index is 361. The normalized spacial score (nSPS) is 12.7. The minimum absolute atomic E-state index is 0.224. The van der Waals surface area contributed by atoms with E-state index in [4.69, 9.17) is 10.9 Å². The molecule has 0 aromatic carbocycles. The van der Waals surface area contributed by atoms with E-state index in [0.29, 0.717) is 12.6 Å². The smallest absolute Gasteiger partial charge is 0.153 e. The molecule has 1 heterocycles. The number of aromatic nitrogens is 1. The predicted octanol–water partition coefficient (Wildman–Crippen LogP) is 1.41. The van der Waals surface area contributed by atoms with Crippen LogP contribution < -0.4 is 5.73 Å². The van der Waals surface area contributed by atoms with Crippen LogP contribution in [0.4, 0.5) is 0 Å². The van der Waals surface area contributed by atoms with Crippen LogP contribution in [0, 0.1) is 6.92 Å². The molecule has 0 aliphatic rings. The third-order valence-electron chi connectivity index (χ3n) is 2.23. The molecular formula is C10H18N4OS. The summed E-state index contributed by atoms with van der Waals surface area (Å²) in [5.41, 5.74) is 6.55. The van der Waals surface area contributed by atoms with Gasteiger partial charge in [0.25, 0.3) is 0 Å². The fourth-order valence-corrected chi connectivity index (χ4v) is 2.11. The van der Waals surface area contributed by atoms with Crippen molar-refractivity contribution in [3.63, 3.8) is 0 Å². The third kappa shape index (κ3) is 3.79. The average Bonchev–Trinajstić information content (AvgIpc) is 2.62. The van der Waals surface area contributed by atoms with Gasteiger partial charge in [0.2, 0.25) is 0 Å². The highest BCUT2D eigenvalue weighted by Gasteiger charge is 2.13. The molecule has 3 N–H and O–H groups in total. The Morgan fingerprint density at radius 3 is 2.81 bits per heavy atom. The minimum Gasteiger partial charge on any atom is -0.409 e. The lowest BCUT2D eigenvalue weighted by Crippen LogP contribution is -2.38. The van der Waals surface area contributed by atoms with E-state index in [0.717, 1.165) is 17.2 Å². The first-order chi connectivity index (χ1) is 7.52. The van der Waals surface area contributed by atoms with E-state index in [-0.39, 0.29) is 5.84 Å². The maximum atomic E-state index is 8.56. The van der Waals surface area contributed by atoms with Crippen molar-refractivity contribution in [2.45, 2.75) is 33.4 Å². The molecule has 1 aromatic rings. The van der Waals surface area contributed by atoms with E-state index < -0.39 is 0 Å². The summed E-state index contributed by atoms with van der Waals surface area (Å²) in [6.45, 7) is 7.30. The lowest BCUT2D eigenvalue weighted by atomic mass is 10.3. The van der Waals surface area contributed by atoms with Gasteiger partial charge in [-0.1, -0.05) is 5.16 Å². The summed E-state index contributed by atoms with van der Waals surface area (Å²) in [7, 11) is 0. The zero-order chi connectivity index (χ0) is 12.1. The third-order valence-corrected chi connectivity index (χ3v) is 3.18. The Morgan fingerprint density at radius 2 is 2.38 bits per heavy atom. The molecule has 16 heavy (non-hydrogen) atoms. The maximum Gasteiger partial charge on any atom is 0.153 e. The summed E-state index contributed by atoms with van der Waals surface area (Å²) < 4.78 is 0. The fraction of sp³-hybridized carbons (Fsp3) is 0.600. The van der Waals surface area contributed by atoms with Gasteiger partial charge in [-0.3, -0.25) is 4.90 Å². The molecule has 90 valence electrons. The Labute approximate surface area is 99.6 Å². The number of hydrogen-bond acceptors (Lipinski definition) is 5. The average molecular weight is 242 g/mol. The molecule has 5 nitrogen and oxygen atoms in total. The molecule has 1 aromatic heterocycles. The quantitative estimate of drug-likeness (QED) is 0.354. The van der Waals surface area contributed by atoms with Crippen LogP contribution in [0.25, 0.3) is 0 Å². The number of nitrogens with zero attached hydrogens (tertiary/aromatic N) is 3. The van der Waals surface area contributed by atoms with Gasteiger partial charge < -0.3 is 10.9 Å². The van der Waals surface area contributed by atoms with Crippen LogP contribution >= 0.6 is 11.3 Å². The molecule has 0 bridgehead atoms. The van der Waals surface area contributed by atoms with Crippen LogP contribution in [-0.4, -0.2) is 33.5 Å². The molecule has 0 spiro atoms. The van der Waals surface area contributed by atoms with Crippen molar-refractivity contribution in [1.29, 1.82) is 0 Å². The molecular weight excluding hydrogens is 224 g/mol. The van der Waals surface area contributed by atoms with Gasteiger partial charge >= 0.3 is 0 Å². The maximum absolute atomic E-state index is 8.56. The van der Waals surface area contributed by atoms with Gasteiger partial charge in [-0.05, 0) is 20.8 Å². The fourth-order valence-electron chi connectivity index (χ4n) is 1.31. The van der Waals surface area contributed by atoms with Crippen molar-refractivity contribution in [3.05, 3.63) is 16.1 Å². The number of aryl methyl sites for hydroxylation is 1. The monoisotopic (exact) mass is 242 g/mol. The van der Waals surface area contributed by atoms with E-state index in [1.54, 1.807) is 11.3 Å². The van der Waals surface area contributed by atoms with E-state index in [9.17, 15) is 0 Å². The van der Waals surface area contributed by atoms with Gasteiger partial charge in [-0.15, -0.1) is 11.3 Å². The molecule has 0 radical (unpaired) electrons. The van der Waals surface area contributed by atoms with Crippen molar-refractivity contribution >= 4 is 17.2 Å². The van der Waals surface area contributed by atoms with E-state index in [2.05, 4.69) is 28.9 Å². The molecule has 0 atom stereocenters. The zero-order valence-corrected chi connectivity index (χ0v) is 10.7.